The Morgan fingerprint density at radius 2 is 1.78 bits per heavy atom. The highest BCUT2D eigenvalue weighted by molar-refractivity contribution is 5.57. The normalized spacial score (nSPS) is 11.8. The first-order valence-corrected chi connectivity index (χ1v) is 6.16. The zero-order valence-corrected chi connectivity index (χ0v) is 11.4. The quantitative estimate of drug-likeness (QED) is 0.882. The Balaban J connectivity index is 2.37. The molecule has 0 unspecified atom stereocenters. The van der Waals surface area contributed by atoms with Crippen LogP contribution in [0, 0.1) is 0 Å². The van der Waals surface area contributed by atoms with Crippen molar-refractivity contribution in [3.63, 3.8) is 0 Å². The highest BCUT2D eigenvalue weighted by Crippen LogP contribution is 2.25. The van der Waals surface area contributed by atoms with Gasteiger partial charge in [-0.25, -0.2) is 4.98 Å². The van der Waals surface area contributed by atoms with Crippen LogP contribution >= 0.6 is 0 Å². The van der Waals surface area contributed by atoms with Crippen LogP contribution in [0.3, 0.4) is 0 Å². The summed E-state index contributed by atoms with van der Waals surface area (Å²) in [5, 5.41) is 9.17. The van der Waals surface area contributed by atoms with Gasteiger partial charge in [0.05, 0.1) is 18.5 Å². The van der Waals surface area contributed by atoms with E-state index in [0.29, 0.717) is 0 Å². The van der Waals surface area contributed by atoms with Gasteiger partial charge in [0.2, 0.25) is 0 Å². The lowest BCUT2D eigenvalue weighted by molar-refractivity contribution is 0.273. The first-order chi connectivity index (χ1) is 8.43. The lowest BCUT2D eigenvalue weighted by atomic mass is 9.87. The van der Waals surface area contributed by atoms with Crippen LogP contribution in [0.1, 0.15) is 32.0 Å². The number of nitrogens with zero attached hydrogens (tertiary/aromatic N) is 2. The molecule has 18 heavy (non-hydrogen) atoms. The number of rotatable bonds is 2. The van der Waals surface area contributed by atoms with Crippen LogP contribution in [0.15, 0.2) is 30.5 Å². The highest BCUT2D eigenvalue weighted by atomic mass is 16.3. The van der Waals surface area contributed by atoms with Crippen molar-refractivity contribution in [3.8, 4) is 11.4 Å². The van der Waals surface area contributed by atoms with Gasteiger partial charge in [-0.2, -0.15) is 0 Å². The smallest absolute Gasteiger partial charge is 0.139 e. The second-order valence-electron chi connectivity index (χ2n) is 5.62. The maximum atomic E-state index is 9.17. The predicted molar refractivity (Wildman–Crippen MR) is 73.3 cm³/mol. The van der Waals surface area contributed by atoms with E-state index >= 15 is 0 Å². The molecule has 2 aromatic rings. The van der Waals surface area contributed by atoms with Crippen molar-refractivity contribution >= 4 is 0 Å². The fourth-order valence-electron chi connectivity index (χ4n) is 1.98. The Kier molecular flexibility index (Phi) is 3.26. The molecule has 2 rings (SSSR count). The van der Waals surface area contributed by atoms with E-state index in [1.807, 2.05) is 11.6 Å². The molecule has 0 aliphatic carbocycles. The molecular weight excluding hydrogens is 224 g/mol. The first kappa shape index (κ1) is 12.8. The summed E-state index contributed by atoms with van der Waals surface area (Å²) in [6, 6.07) is 8.46. The fraction of sp³-hybridized carbons (Fsp3) is 0.400. The van der Waals surface area contributed by atoms with Gasteiger partial charge >= 0.3 is 0 Å². The molecule has 3 heteroatoms. The van der Waals surface area contributed by atoms with E-state index in [0.717, 1.165) is 17.1 Å². The molecule has 0 fully saturated rings. The first-order valence-electron chi connectivity index (χ1n) is 6.16. The molecule has 1 aromatic carbocycles. The standard InChI is InChI=1S/C15H20N2O/c1-15(2,3)12-7-5-11(6-8-12)14-16-9-13(10-18)17(14)4/h5-9,18H,10H2,1-4H3. The molecule has 0 saturated carbocycles. The molecule has 0 saturated heterocycles. The van der Waals surface area contributed by atoms with Gasteiger partial charge in [-0.15, -0.1) is 0 Å². The van der Waals surface area contributed by atoms with E-state index in [1.165, 1.54) is 5.56 Å². The number of aromatic nitrogens is 2. The second kappa shape index (κ2) is 4.58. The number of hydrogen-bond acceptors (Lipinski definition) is 2. The van der Waals surface area contributed by atoms with Gasteiger partial charge in [-0.1, -0.05) is 45.0 Å². The number of hydrogen-bond donors (Lipinski definition) is 1. The van der Waals surface area contributed by atoms with Crippen molar-refractivity contribution in [2.75, 3.05) is 0 Å². The summed E-state index contributed by atoms with van der Waals surface area (Å²) in [5.74, 6) is 0.888. The van der Waals surface area contributed by atoms with Gasteiger partial charge < -0.3 is 9.67 Å². The molecule has 0 bridgehead atoms. The van der Waals surface area contributed by atoms with E-state index in [4.69, 9.17) is 5.11 Å². The largest absolute Gasteiger partial charge is 0.390 e. The predicted octanol–water partition coefficient (Wildman–Crippen LogP) is 2.88. The van der Waals surface area contributed by atoms with Gasteiger partial charge in [-0.3, -0.25) is 0 Å². The molecule has 0 amide bonds. The van der Waals surface area contributed by atoms with Gasteiger partial charge in [0.25, 0.3) is 0 Å². The van der Waals surface area contributed by atoms with Crippen molar-refractivity contribution in [3.05, 3.63) is 41.7 Å². The van der Waals surface area contributed by atoms with Gasteiger partial charge in [0, 0.05) is 12.6 Å². The summed E-state index contributed by atoms with van der Waals surface area (Å²) >= 11 is 0. The van der Waals surface area contributed by atoms with E-state index in [-0.39, 0.29) is 12.0 Å². The zero-order chi connectivity index (χ0) is 13.3. The van der Waals surface area contributed by atoms with Crippen LogP contribution in [-0.4, -0.2) is 14.7 Å². The van der Waals surface area contributed by atoms with Crippen LogP contribution in [0.25, 0.3) is 11.4 Å². The van der Waals surface area contributed by atoms with Crippen molar-refractivity contribution in [2.45, 2.75) is 32.8 Å². The molecule has 1 heterocycles. The summed E-state index contributed by atoms with van der Waals surface area (Å²) in [6.45, 7) is 6.62. The Hall–Kier alpha value is -1.61. The Bertz CT molecular complexity index is 533. The second-order valence-corrected chi connectivity index (χ2v) is 5.62. The number of benzene rings is 1. The average Bonchev–Trinajstić information content (AvgIpc) is 2.69. The SMILES string of the molecule is Cn1c(CO)cnc1-c1ccc(C(C)(C)C)cc1. The van der Waals surface area contributed by atoms with Crippen LogP contribution in [-0.2, 0) is 19.1 Å². The third kappa shape index (κ3) is 2.31. The van der Waals surface area contributed by atoms with Crippen molar-refractivity contribution < 1.29 is 5.11 Å². The molecule has 1 N–H and O–H groups in total. The van der Waals surface area contributed by atoms with Gasteiger partial charge in [0.1, 0.15) is 5.82 Å². The molecule has 96 valence electrons. The molecule has 0 aliphatic rings. The average molecular weight is 244 g/mol. The fourth-order valence-corrected chi connectivity index (χ4v) is 1.98. The van der Waals surface area contributed by atoms with E-state index < -0.39 is 0 Å². The highest BCUT2D eigenvalue weighted by Gasteiger charge is 2.14. The van der Waals surface area contributed by atoms with Crippen LogP contribution in [0.2, 0.25) is 0 Å². The van der Waals surface area contributed by atoms with Crippen molar-refractivity contribution in [1.82, 2.24) is 9.55 Å². The van der Waals surface area contributed by atoms with Crippen molar-refractivity contribution in [1.29, 1.82) is 0 Å². The van der Waals surface area contributed by atoms with Crippen LogP contribution in [0.4, 0.5) is 0 Å². The lowest BCUT2D eigenvalue weighted by Crippen LogP contribution is -2.10. The molecule has 1 aromatic heterocycles. The molecule has 0 radical (unpaired) electrons. The number of aliphatic hydroxyl groups excluding tert-OH is 1. The van der Waals surface area contributed by atoms with Crippen LogP contribution in [0.5, 0.6) is 0 Å². The van der Waals surface area contributed by atoms with Crippen molar-refractivity contribution in [2.24, 2.45) is 7.05 Å². The summed E-state index contributed by atoms with van der Waals surface area (Å²) < 4.78 is 1.92. The Morgan fingerprint density at radius 1 is 1.17 bits per heavy atom. The Labute approximate surface area is 108 Å². The summed E-state index contributed by atoms with van der Waals surface area (Å²) in [6.07, 6.45) is 1.72. The summed E-state index contributed by atoms with van der Waals surface area (Å²) in [7, 11) is 1.92. The van der Waals surface area contributed by atoms with Gasteiger partial charge in [-0.05, 0) is 11.0 Å². The minimum Gasteiger partial charge on any atom is -0.390 e. The van der Waals surface area contributed by atoms with E-state index in [2.05, 4.69) is 50.0 Å². The van der Waals surface area contributed by atoms with E-state index in [9.17, 15) is 0 Å². The number of imidazole rings is 1. The minimum atomic E-state index is 0.0174. The zero-order valence-electron chi connectivity index (χ0n) is 11.4. The summed E-state index contributed by atoms with van der Waals surface area (Å²) in [4.78, 5) is 4.35. The maximum absolute atomic E-state index is 9.17. The molecular formula is C15H20N2O. The van der Waals surface area contributed by atoms with Gasteiger partial charge in [0.15, 0.2) is 0 Å². The lowest BCUT2D eigenvalue weighted by Gasteiger charge is -2.19. The summed E-state index contributed by atoms with van der Waals surface area (Å²) in [5.41, 5.74) is 3.37. The van der Waals surface area contributed by atoms with E-state index in [1.54, 1.807) is 6.20 Å². The third-order valence-electron chi connectivity index (χ3n) is 3.26. The molecule has 0 spiro atoms. The maximum Gasteiger partial charge on any atom is 0.139 e. The molecule has 0 atom stereocenters. The number of aliphatic hydroxyl groups is 1. The minimum absolute atomic E-state index is 0.0174. The van der Waals surface area contributed by atoms with Crippen LogP contribution < -0.4 is 0 Å². The third-order valence-corrected chi connectivity index (χ3v) is 3.26. The molecule has 3 nitrogen and oxygen atoms in total. The molecule has 0 aliphatic heterocycles. The Morgan fingerprint density at radius 3 is 2.22 bits per heavy atom. The topological polar surface area (TPSA) is 38.0 Å². The monoisotopic (exact) mass is 244 g/mol.